The molecule has 5 nitrogen and oxygen atoms in total. The van der Waals surface area contributed by atoms with E-state index in [4.69, 9.17) is 0 Å². The lowest BCUT2D eigenvalue weighted by Gasteiger charge is -2.06. The number of carbonyl (C=O) groups is 1. The third-order valence-corrected chi connectivity index (χ3v) is 3.84. The summed E-state index contributed by atoms with van der Waals surface area (Å²) < 4.78 is 1.80. The molecule has 0 aliphatic carbocycles. The molecule has 0 aliphatic rings. The molecule has 2 aromatic carbocycles. The fourth-order valence-corrected chi connectivity index (χ4v) is 2.50. The van der Waals surface area contributed by atoms with E-state index in [9.17, 15) is 14.9 Å². The zero-order valence-corrected chi connectivity index (χ0v) is 13.6. The maximum Gasteiger partial charge on any atom is 0.271 e. The van der Waals surface area contributed by atoms with E-state index in [-0.39, 0.29) is 11.5 Å². The summed E-state index contributed by atoms with van der Waals surface area (Å²) in [6.07, 6.45) is 5.02. The first kappa shape index (κ1) is 16.4. The summed E-state index contributed by atoms with van der Waals surface area (Å²) in [5, 5.41) is 10.9. The van der Waals surface area contributed by atoms with Crippen molar-refractivity contribution in [2.75, 3.05) is 0 Å². The van der Waals surface area contributed by atoms with Crippen LogP contribution in [-0.4, -0.2) is 15.3 Å². The van der Waals surface area contributed by atoms with Crippen LogP contribution in [0.3, 0.4) is 0 Å². The number of rotatable bonds is 5. The molecular weight excluding hydrogens is 316 g/mol. The molecule has 1 aromatic heterocycles. The molecule has 0 aliphatic heterocycles. The summed E-state index contributed by atoms with van der Waals surface area (Å²) in [5.74, 6) is -0.0909. The maximum atomic E-state index is 12.3. The smallest absolute Gasteiger partial charge is 0.271 e. The zero-order valence-electron chi connectivity index (χ0n) is 13.6. The van der Waals surface area contributed by atoms with Crippen molar-refractivity contribution in [1.29, 1.82) is 0 Å². The zero-order chi connectivity index (χ0) is 17.8. The van der Waals surface area contributed by atoms with Gasteiger partial charge < -0.3 is 4.57 Å². The van der Waals surface area contributed by atoms with Crippen molar-refractivity contribution >= 4 is 17.5 Å². The van der Waals surface area contributed by atoms with Crippen LogP contribution >= 0.6 is 0 Å². The predicted octanol–water partition coefficient (Wildman–Crippen LogP) is 4.59. The summed E-state index contributed by atoms with van der Waals surface area (Å²) in [7, 11) is 0. The van der Waals surface area contributed by atoms with E-state index in [0.29, 0.717) is 11.3 Å². The normalized spacial score (nSPS) is 10.9. The Bertz CT molecular complexity index is 953. The number of ketones is 1. The molecule has 3 rings (SSSR count). The third kappa shape index (κ3) is 3.72. The molecule has 1 heterocycles. The third-order valence-electron chi connectivity index (χ3n) is 3.84. The Labute approximate surface area is 145 Å². The second-order valence-corrected chi connectivity index (χ2v) is 5.64. The van der Waals surface area contributed by atoms with Crippen molar-refractivity contribution in [2.45, 2.75) is 6.92 Å². The van der Waals surface area contributed by atoms with Gasteiger partial charge in [0.1, 0.15) is 0 Å². The molecular formula is C20H16N2O3. The highest BCUT2D eigenvalue weighted by Crippen LogP contribution is 2.19. The number of non-ortho nitro benzene ring substituents is 1. The standard InChI is InChI=1S/C20H16N2O3/c1-15-7-9-16(10-8-15)20(23)12-11-17-6-3-13-21(17)18-4-2-5-19(14-18)22(24)25/h2-14H,1H3/b12-11+. The number of nitro groups is 1. The first-order valence-electron chi connectivity index (χ1n) is 7.76. The first-order chi connectivity index (χ1) is 12.0. The first-order valence-corrected chi connectivity index (χ1v) is 7.76. The van der Waals surface area contributed by atoms with Gasteiger partial charge in [-0.1, -0.05) is 35.9 Å². The largest absolute Gasteiger partial charge is 0.317 e. The van der Waals surface area contributed by atoms with Gasteiger partial charge in [0.05, 0.1) is 10.6 Å². The SMILES string of the molecule is Cc1ccc(C(=O)/C=C/c2cccn2-c2cccc([N+](=O)[O-])c2)cc1. The monoisotopic (exact) mass is 332 g/mol. The second kappa shape index (κ2) is 6.97. The topological polar surface area (TPSA) is 65.1 Å². The van der Waals surface area contributed by atoms with E-state index < -0.39 is 4.92 Å². The Morgan fingerprint density at radius 2 is 1.84 bits per heavy atom. The summed E-state index contributed by atoms with van der Waals surface area (Å²) in [5.41, 5.74) is 3.18. The molecule has 0 fully saturated rings. The van der Waals surface area contributed by atoms with Crippen LogP contribution in [0.4, 0.5) is 5.69 Å². The number of aromatic nitrogens is 1. The average Bonchev–Trinajstić information content (AvgIpc) is 3.09. The fourth-order valence-electron chi connectivity index (χ4n) is 2.50. The molecule has 0 radical (unpaired) electrons. The average molecular weight is 332 g/mol. The number of allylic oxidation sites excluding steroid dienone is 1. The quantitative estimate of drug-likeness (QED) is 0.297. The van der Waals surface area contributed by atoms with Crippen LogP contribution in [0.2, 0.25) is 0 Å². The van der Waals surface area contributed by atoms with E-state index in [1.54, 1.807) is 41.1 Å². The minimum Gasteiger partial charge on any atom is -0.317 e. The second-order valence-electron chi connectivity index (χ2n) is 5.64. The molecule has 0 bridgehead atoms. The highest BCUT2D eigenvalue weighted by Gasteiger charge is 2.08. The minimum absolute atomic E-state index is 0.0249. The molecule has 0 saturated carbocycles. The van der Waals surface area contributed by atoms with E-state index >= 15 is 0 Å². The van der Waals surface area contributed by atoms with Gasteiger partial charge in [0.25, 0.3) is 5.69 Å². The molecule has 0 N–H and O–H groups in total. The molecule has 0 saturated heterocycles. The van der Waals surface area contributed by atoms with Gasteiger partial charge in [0.2, 0.25) is 0 Å². The van der Waals surface area contributed by atoms with Crippen molar-refractivity contribution in [3.05, 3.63) is 99.9 Å². The number of nitro benzene ring substituents is 1. The Morgan fingerprint density at radius 3 is 2.56 bits per heavy atom. The van der Waals surface area contributed by atoms with Gasteiger partial charge in [0, 0.05) is 29.6 Å². The van der Waals surface area contributed by atoms with Crippen molar-refractivity contribution in [1.82, 2.24) is 4.57 Å². The molecule has 5 heteroatoms. The highest BCUT2D eigenvalue weighted by molar-refractivity contribution is 6.06. The maximum absolute atomic E-state index is 12.3. The molecule has 0 spiro atoms. The van der Waals surface area contributed by atoms with Gasteiger partial charge in [-0.2, -0.15) is 0 Å². The fraction of sp³-hybridized carbons (Fsp3) is 0.0500. The lowest BCUT2D eigenvalue weighted by molar-refractivity contribution is -0.384. The number of hydrogen-bond acceptors (Lipinski definition) is 3. The Morgan fingerprint density at radius 1 is 1.08 bits per heavy atom. The van der Waals surface area contributed by atoms with E-state index in [0.717, 1.165) is 11.3 Å². The number of nitrogens with zero attached hydrogens (tertiary/aromatic N) is 2. The van der Waals surface area contributed by atoms with Crippen LogP contribution in [0.5, 0.6) is 0 Å². The Balaban J connectivity index is 1.87. The minimum atomic E-state index is -0.427. The van der Waals surface area contributed by atoms with Gasteiger partial charge in [-0.25, -0.2) is 0 Å². The van der Waals surface area contributed by atoms with Gasteiger partial charge in [-0.15, -0.1) is 0 Å². The summed E-state index contributed by atoms with van der Waals surface area (Å²) >= 11 is 0. The molecule has 124 valence electrons. The van der Waals surface area contributed by atoms with Crippen LogP contribution in [0.1, 0.15) is 21.6 Å². The van der Waals surface area contributed by atoms with Crippen LogP contribution in [0, 0.1) is 17.0 Å². The van der Waals surface area contributed by atoms with Gasteiger partial charge >= 0.3 is 0 Å². The van der Waals surface area contributed by atoms with Crippen LogP contribution in [0.15, 0.2) is 72.9 Å². The number of aryl methyl sites for hydroxylation is 1. The van der Waals surface area contributed by atoms with E-state index in [1.807, 2.05) is 31.2 Å². The molecule has 0 unspecified atom stereocenters. The van der Waals surface area contributed by atoms with Crippen molar-refractivity contribution < 1.29 is 9.72 Å². The van der Waals surface area contributed by atoms with Crippen molar-refractivity contribution in [3.8, 4) is 5.69 Å². The molecule has 0 amide bonds. The van der Waals surface area contributed by atoms with Crippen LogP contribution in [-0.2, 0) is 0 Å². The van der Waals surface area contributed by atoms with Gasteiger partial charge in [-0.05, 0) is 37.3 Å². The molecule has 25 heavy (non-hydrogen) atoms. The Hall–Kier alpha value is -3.47. The lowest BCUT2D eigenvalue weighted by atomic mass is 10.1. The Kier molecular flexibility index (Phi) is 4.57. The predicted molar refractivity (Wildman–Crippen MR) is 97.0 cm³/mol. The molecule has 0 atom stereocenters. The van der Waals surface area contributed by atoms with Crippen molar-refractivity contribution in [2.24, 2.45) is 0 Å². The summed E-state index contributed by atoms with van der Waals surface area (Å²) in [6, 6.07) is 17.4. The van der Waals surface area contributed by atoms with Crippen LogP contribution < -0.4 is 0 Å². The van der Waals surface area contributed by atoms with Crippen LogP contribution in [0.25, 0.3) is 11.8 Å². The van der Waals surface area contributed by atoms with Crippen molar-refractivity contribution in [3.63, 3.8) is 0 Å². The summed E-state index contributed by atoms with van der Waals surface area (Å²) in [4.78, 5) is 22.8. The molecule has 3 aromatic rings. The lowest BCUT2D eigenvalue weighted by Crippen LogP contribution is -1.98. The number of carbonyl (C=O) groups excluding carboxylic acids is 1. The van der Waals surface area contributed by atoms with E-state index in [1.165, 1.54) is 18.2 Å². The van der Waals surface area contributed by atoms with Gasteiger partial charge in [0.15, 0.2) is 5.78 Å². The van der Waals surface area contributed by atoms with E-state index in [2.05, 4.69) is 0 Å². The highest BCUT2D eigenvalue weighted by atomic mass is 16.6. The summed E-state index contributed by atoms with van der Waals surface area (Å²) in [6.45, 7) is 1.97. The number of hydrogen-bond donors (Lipinski definition) is 0. The van der Waals surface area contributed by atoms with Gasteiger partial charge in [-0.3, -0.25) is 14.9 Å². The number of benzene rings is 2.